The molecular weight excluding hydrogens is 1190 g/mol. The molecule has 0 aliphatic rings. The minimum Gasteiger partial charge on any atom is -0.447 e. The van der Waals surface area contributed by atoms with Gasteiger partial charge in [0.25, 0.3) is 0 Å². The maximum absolute atomic E-state index is 12.5. The molecule has 0 saturated heterocycles. The van der Waals surface area contributed by atoms with E-state index in [2.05, 4.69) is 10.6 Å². The van der Waals surface area contributed by atoms with Gasteiger partial charge < -0.3 is 177 Å². The van der Waals surface area contributed by atoms with Crippen LogP contribution in [0.2, 0.25) is 0 Å². The first-order chi connectivity index (χ1) is 41.0. The third kappa shape index (κ3) is 36.8. The summed E-state index contributed by atoms with van der Waals surface area (Å²) >= 11 is 0. The molecule has 520 valence electrons. The Hall–Kier alpha value is -2.78. The van der Waals surface area contributed by atoms with Crippen LogP contribution >= 0.6 is 0 Å². The van der Waals surface area contributed by atoms with Crippen LogP contribution in [0.5, 0.6) is 0 Å². The van der Waals surface area contributed by atoms with Gasteiger partial charge in [-0.25, -0.2) is 9.59 Å². The molecule has 22 atom stereocenters. The minimum atomic E-state index is -2.03. The zero-order chi connectivity index (χ0) is 66.3. The molecule has 0 bridgehead atoms. The second kappa shape index (κ2) is 48.0. The molecule has 6 unspecified atom stereocenters. The highest BCUT2D eigenvalue weighted by atomic mass is 16.6. The van der Waals surface area contributed by atoms with E-state index >= 15 is 0 Å². The van der Waals surface area contributed by atoms with E-state index in [-0.39, 0.29) is 92.2 Å². The van der Waals surface area contributed by atoms with Crippen molar-refractivity contribution < 1.29 is 170 Å². The van der Waals surface area contributed by atoms with E-state index in [0.717, 1.165) is 9.80 Å². The minimum absolute atomic E-state index is 0.246. The second-order valence-corrected chi connectivity index (χ2v) is 20.4. The lowest BCUT2D eigenvalue weighted by molar-refractivity contribution is -0.130. The molecule has 0 aromatic heterocycles. The quantitative estimate of drug-likeness (QED) is 0.0269. The Balaban J connectivity index is 4.60. The van der Waals surface area contributed by atoms with Gasteiger partial charge in [-0.1, -0.05) is 0 Å². The number of hydrogen-bond donors (Lipinski definition) is 28. The predicted molar refractivity (Wildman–Crippen MR) is 288 cm³/mol. The van der Waals surface area contributed by atoms with Crippen molar-refractivity contribution in [2.24, 2.45) is 5.73 Å². The van der Waals surface area contributed by atoms with E-state index in [0.29, 0.717) is 0 Å². The zero-order valence-electron chi connectivity index (χ0n) is 48.0. The molecule has 0 spiro atoms. The lowest BCUT2D eigenvalue weighted by atomic mass is 10.0. The molecule has 0 aliphatic carbocycles. The molecule has 2 amide bonds. The van der Waals surface area contributed by atoms with Gasteiger partial charge in [0.15, 0.2) is 0 Å². The number of nitrogens with two attached hydrogens (primary N) is 1. The average Bonchev–Trinajstić information content (AvgIpc) is 3.49. The Kier molecular flexibility index (Phi) is 46.5. The van der Waals surface area contributed by atoms with E-state index in [9.17, 15) is 117 Å². The van der Waals surface area contributed by atoms with Gasteiger partial charge in [0.1, 0.15) is 116 Å². The number of alkyl carbamates (subject to hydrolysis) is 2. The molecule has 39 heteroatoms. The Morgan fingerprint density at radius 3 is 0.816 bits per heavy atom. The molecule has 39 nitrogen and oxygen atoms in total. The van der Waals surface area contributed by atoms with Crippen LogP contribution in [0.3, 0.4) is 0 Å². The van der Waals surface area contributed by atoms with Gasteiger partial charge in [0.2, 0.25) is 0 Å². The van der Waals surface area contributed by atoms with E-state index in [1.807, 2.05) is 0 Å². The molecule has 0 aromatic carbocycles. The summed E-state index contributed by atoms with van der Waals surface area (Å²) in [6.45, 7) is -11.5. The molecule has 0 aliphatic heterocycles. The van der Waals surface area contributed by atoms with Crippen molar-refractivity contribution in [1.82, 2.24) is 20.4 Å². The van der Waals surface area contributed by atoms with Crippen molar-refractivity contribution in [3.8, 4) is 0 Å². The fraction of sp³-hybridized carbons (Fsp3) is 0.958. The molecule has 0 radical (unpaired) electrons. The monoisotopic (exact) mass is 1290 g/mol. The molecule has 0 fully saturated rings. The Bertz CT molecular complexity index is 1650. The van der Waals surface area contributed by atoms with Crippen LogP contribution < -0.4 is 16.4 Å². The number of nitrogens with zero attached hydrogens (tertiary/aromatic N) is 2. The first kappa shape index (κ1) is 84.2. The molecule has 0 saturated carbocycles. The summed E-state index contributed by atoms with van der Waals surface area (Å²) in [5, 5.41) is 253. The number of nitrogens with one attached hydrogen (secondary N) is 2. The summed E-state index contributed by atoms with van der Waals surface area (Å²) in [7, 11) is 0. The summed E-state index contributed by atoms with van der Waals surface area (Å²) in [6, 6.07) is 0. The first-order valence-corrected chi connectivity index (χ1v) is 27.6. The number of aliphatic hydroxyl groups is 25. The summed E-state index contributed by atoms with van der Waals surface area (Å²) in [4.78, 5) is 27.1. The SMILES string of the molecule is NCC(COCC(O)COCC(O)COCC(O)COCC(O)COCC(O)COC(=O)NCCN(C[C@H](O)[C@@H](O)[C@H](O)[C@H](O)CO)C[C@H](O)[C@@H](O)[C@H](O)[C@H](O)CO)OC(=O)NCCN(C[C@H](O)[C@@H](O)[C@H](O)[C@H](O)CO)C[C@H](O)[C@@H](O)[C@H](O)[C@H](O)CO. The molecule has 29 N–H and O–H groups in total. The van der Waals surface area contributed by atoms with Crippen molar-refractivity contribution in [3.05, 3.63) is 0 Å². The summed E-state index contributed by atoms with van der Waals surface area (Å²) in [6.07, 6.45) is -40.3. The van der Waals surface area contributed by atoms with Gasteiger partial charge in [-0.05, 0) is 0 Å². The number of carbonyl (C=O) groups excluding carboxylic acids is 2. The van der Waals surface area contributed by atoms with Crippen molar-refractivity contribution >= 4 is 12.2 Å². The molecule has 87 heavy (non-hydrogen) atoms. The van der Waals surface area contributed by atoms with Crippen molar-refractivity contribution in [2.45, 2.75) is 134 Å². The fourth-order valence-electron chi connectivity index (χ4n) is 7.39. The number of hydrogen-bond acceptors (Lipinski definition) is 37. The summed E-state index contributed by atoms with van der Waals surface area (Å²) < 4.78 is 36.4. The van der Waals surface area contributed by atoms with Gasteiger partial charge in [0.05, 0.1) is 117 Å². The van der Waals surface area contributed by atoms with Crippen LogP contribution in [0.15, 0.2) is 0 Å². The van der Waals surface area contributed by atoms with Crippen LogP contribution in [-0.4, -0.2) is 442 Å². The third-order valence-corrected chi connectivity index (χ3v) is 12.5. The lowest BCUT2D eigenvalue weighted by Gasteiger charge is -2.33. The summed E-state index contributed by atoms with van der Waals surface area (Å²) in [5.41, 5.74) is 5.67. The smallest absolute Gasteiger partial charge is 0.407 e. The zero-order valence-corrected chi connectivity index (χ0v) is 48.0. The highest BCUT2D eigenvalue weighted by molar-refractivity contribution is 5.67. The Morgan fingerprint density at radius 2 is 0.563 bits per heavy atom. The third-order valence-electron chi connectivity index (χ3n) is 12.5. The van der Waals surface area contributed by atoms with Crippen LogP contribution in [0.4, 0.5) is 9.59 Å². The van der Waals surface area contributed by atoms with Crippen molar-refractivity contribution in [2.75, 3.05) is 158 Å². The maximum Gasteiger partial charge on any atom is 0.407 e. The lowest BCUT2D eigenvalue weighted by Crippen LogP contribution is -2.54. The van der Waals surface area contributed by atoms with Gasteiger partial charge in [0, 0.05) is 58.9 Å². The molecule has 0 rings (SSSR count). The Morgan fingerprint density at radius 1 is 0.333 bits per heavy atom. The first-order valence-electron chi connectivity index (χ1n) is 27.6. The number of aliphatic hydroxyl groups excluding tert-OH is 25. The number of rotatable bonds is 54. The highest BCUT2D eigenvalue weighted by Gasteiger charge is 2.37. The molecular formula is C48H99N5O34. The van der Waals surface area contributed by atoms with E-state index in [4.69, 9.17) is 59.3 Å². The standard InChI is InChI=1S/C48H99N5O34/c49-5-30(87-48(80)51-2-4-53(8-33(65)41(73)45(77)37(69)12-56)9-34(66)42(74)46(78)38(70)13-57)24-85-21-28(61)20-83-17-26(59)16-81-14-25(58)15-82-18-27(60)19-84-22-29(62)23-86-47(79)50-1-3-52(6-31(63)39(71)43(75)35(67)10-54)7-32(64)40(72)44(76)36(68)11-55/h25-46,54-78H,1-24,49H2,(H,50,79)(H,51,80)/t25?,26?,27?,28?,29?,30?,31-,32-,33-,34-,35+,36+,37+,38+,39+,40+,41+,42+,43+,44+,45+,46+/m0/s1. The highest BCUT2D eigenvalue weighted by Crippen LogP contribution is 2.13. The van der Waals surface area contributed by atoms with Crippen LogP contribution in [0, 0.1) is 0 Å². The maximum atomic E-state index is 12.5. The van der Waals surface area contributed by atoms with Crippen LogP contribution in [0.25, 0.3) is 0 Å². The normalized spacial score (nSPS) is 20.0. The topological polar surface area (TPSA) is 661 Å². The largest absolute Gasteiger partial charge is 0.447 e. The number of carbonyl (C=O) groups is 2. The average molecular weight is 1290 g/mol. The van der Waals surface area contributed by atoms with Crippen LogP contribution in [0.1, 0.15) is 0 Å². The van der Waals surface area contributed by atoms with Crippen molar-refractivity contribution in [3.63, 3.8) is 0 Å². The van der Waals surface area contributed by atoms with Gasteiger partial charge in [-0.2, -0.15) is 0 Å². The Labute approximate surface area is 500 Å². The van der Waals surface area contributed by atoms with Gasteiger partial charge in [-0.3, -0.25) is 9.80 Å². The van der Waals surface area contributed by atoms with E-state index < -0.39 is 212 Å². The van der Waals surface area contributed by atoms with Gasteiger partial charge >= 0.3 is 12.2 Å². The molecule has 0 heterocycles. The fourth-order valence-corrected chi connectivity index (χ4v) is 7.39. The molecule has 0 aromatic rings. The van der Waals surface area contributed by atoms with Gasteiger partial charge in [-0.15, -0.1) is 0 Å². The second-order valence-electron chi connectivity index (χ2n) is 20.4. The van der Waals surface area contributed by atoms with E-state index in [1.165, 1.54) is 0 Å². The summed E-state index contributed by atoms with van der Waals surface area (Å²) in [5.74, 6) is 0. The number of ether oxygens (including phenoxy) is 7. The predicted octanol–water partition coefficient (Wildman–Crippen LogP) is -17.0. The van der Waals surface area contributed by atoms with E-state index in [1.54, 1.807) is 0 Å². The van der Waals surface area contributed by atoms with Crippen LogP contribution in [-0.2, 0) is 33.2 Å². The number of amides is 2. The van der Waals surface area contributed by atoms with Crippen molar-refractivity contribution in [1.29, 1.82) is 0 Å².